The standard InChI is InChI=1S/C15H14BrClFN5/c1-19-13-11(18)7-10(17)12(16)14(13)23-5-3-9(4-6-23)15-21-20-8-22(15)2/h7-9H,3-6H2,2H3. The number of rotatable bonds is 2. The molecular weight excluding hydrogens is 385 g/mol. The van der Waals surface area contributed by atoms with Crippen molar-refractivity contribution < 1.29 is 4.39 Å². The predicted molar refractivity (Wildman–Crippen MR) is 90.6 cm³/mol. The highest BCUT2D eigenvalue weighted by molar-refractivity contribution is 9.10. The molecule has 120 valence electrons. The first-order valence-electron chi connectivity index (χ1n) is 7.16. The van der Waals surface area contributed by atoms with Crippen molar-refractivity contribution in [1.29, 1.82) is 0 Å². The Hall–Kier alpha value is -1.65. The second-order valence-corrected chi connectivity index (χ2v) is 6.72. The van der Waals surface area contributed by atoms with Crippen molar-refractivity contribution in [2.75, 3.05) is 18.0 Å². The minimum Gasteiger partial charge on any atom is -0.379 e. The molecule has 0 aliphatic carbocycles. The first kappa shape index (κ1) is 16.2. The fourth-order valence-electron chi connectivity index (χ4n) is 2.99. The second kappa shape index (κ2) is 6.46. The van der Waals surface area contributed by atoms with Gasteiger partial charge in [0.05, 0.1) is 17.3 Å². The van der Waals surface area contributed by atoms with E-state index < -0.39 is 5.82 Å². The highest BCUT2D eigenvalue weighted by Crippen LogP contribution is 2.44. The zero-order chi connectivity index (χ0) is 16.6. The lowest BCUT2D eigenvalue weighted by molar-refractivity contribution is 0.474. The minimum atomic E-state index is -0.585. The average Bonchev–Trinajstić information content (AvgIpc) is 2.97. The Kier molecular flexibility index (Phi) is 4.55. The molecule has 1 saturated heterocycles. The van der Waals surface area contributed by atoms with E-state index in [0.717, 1.165) is 18.7 Å². The van der Waals surface area contributed by atoms with Crippen molar-refractivity contribution in [1.82, 2.24) is 14.8 Å². The molecule has 5 nitrogen and oxygen atoms in total. The Balaban J connectivity index is 1.86. The third-order valence-corrected chi connectivity index (χ3v) is 5.49. The van der Waals surface area contributed by atoms with E-state index in [4.69, 9.17) is 18.2 Å². The first-order valence-corrected chi connectivity index (χ1v) is 8.33. The van der Waals surface area contributed by atoms with Crippen LogP contribution in [0.5, 0.6) is 0 Å². The maximum Gasteiger partial charge on any atom is 0.245 e. The molecule has 0 atom stereocenters. The summed E-state index contributed by atoms with van der Waals surface area (Å²) >= 11 is 9.46. The molecule has 2 heterocycles. The average molecular weight is 399 g/mol. The van der Waals surface area contributed by atoms with Crippen molar-refractivity contribution >= 4 is 38.9 Å². The molecule has 8 heteroatoms. The molecule has 1 aliphatic heterocycles. The van der Waals surface area contributed by atoms with Crippen LogP contribution in [-0.4, -0.2) is 27.9 Å². The Morgan fingerprint density at radius 3 is 2.70 bits per heavy atom. The molecule has 1 fully saturated rings. The van der Waals surface area contributed by atoms with Gasteiger partial charge in [-0.2, -0.15) is 0 Å². The van der Waals surface area contributed by atoms with Crippen molar-refractivity contribution in [2.24, 2.45) is 7.05 Å². The van der Waals surface area contributed by atoms with Gasteiger partial charge in [0, 0.05) is 30.5 Å². The van der Waals surface area contributed by atoms with Gasteiger partial charge in [0.25, 0.3) is 0 Å². The number of piperidine rings is 1. The molecule has 0 saturated carbocycles. The van der Waals surface area contributed by atoms with Gasteiger partial charge < -0.3 is 9.47 Å². The van der Waals surface area contributed by atoms with E-state index in [1.807, 2.05) is 16.5 Å². The number of aromatic nitrogens is 3. The summed E-state index contributed by atoms with van der Waals surface area (Å²) in [6.07, 6.45) is 3.43. The molecule has 1 aliphatic rings. The fraction of sp³-hybridized carbons (Fsp3) is 0.400. The summed E-state index contributed by atoms with van der Waals surface area (Å²) < 4.78 is 16.5. The maximum absolute atomic E-state index is 14.0. The minimum absolute atomic E-state index is 0.0124. The fourth-order valence-corrected chi connectivity index (χ4v) is 3.73. The number of hydrogen-bond donors (Lipinski definition) is 0. The lowest BCUT2D eigenvalue weighted by Crippen LogP contribution is -2.34. The van der Waals surface area contributed by atoms with E-state index in [1.165, 1.54) is 6.07 Å². The highest BCUT2D eigenvalue weighted by atomic mass is 79.9. The van der Waals surface area contributed by atoms with Crippen molar-refractivity contribution in [3.8, 4) is 0 Å². The summed E-state index contributed by atoms with van der Waals surface area (Å²) in [6, 6.07) is 1.18. The van der Waals surface area contributed by atoms with Crippen LogP contribution in [0.2, 0.25) is 5.02 Å². The van der Waals surface area contributed by atoms with Crippen molar-refractivity contribution in [3.63, 3.8) is 0 Å². The van der Waals surface area contributed by atoms with Gasteiger partial charge in [-0.15, -0.1) is 10.2 Å². The summed E-state index contributed by atoms with van der Waals surface area (Å²) in [4.78, 5) is 5.36. The Bertz CT molecular complexity index is 777. The molecule has 23 heavy (non-hydrogen) atoms. The van der Waals surface area contributed by atoms with Gasteiger partial charge in [-0.25, -0.2) is 9.24 Å². The third-order valence-electron chi connectivity index (χ3n) is 4.16. The largest absolute Gasteiger partial charge is 0.379 e. The van der Waals surface area contributed by atoms with Crippen LogP contribution >= 0.6 is 27.5 Å². The van der Waals surface area contributed by atoms with Crippen LogP contribution in [0, 0.1) is 12.4 Å². The smallest absolute Gasteiger partial charge is 0.245 e. The molecule has 1 aromatic heterocycles. The predicted octanol–water partition coefficient (Wildman–Crippen LogP) is 4.30. The van der Waals surface area contributed by atoms with E-state index in [9.17, 15) is 4.39 Å². The van der Waals surface area contributed by atoms with Crippen LogP contribution in [0.1, 0.15) is 24.6 Å². The summed E-state index contributed by atoms with van der Waals surface area (Å²) in [5, 5.41) is 8.37. The van der Waals surface area contributed by atoms with Crippen LogP contribution in [0.25, 0.3) is 4.85 Å². The normalized spacial score (nSPS) is 15.7. The maximum atomic E-state index is 14.0. The molecule has 3 rings (SSSR count). The van der Waals surface area contributed by atoms with E-state index in [1.54, 1.807) is 6.33 Å². The molecular formula is C15H14BrClFN5. The van der Waals surface area contributed by atoms with Gasteiger partial charge in [0.15, 0.2) is 0 Å². The lowest BCUT2D eigenvalue weighted by atomic mass is 9.95. The molecule has 2 aromatic rings. The van der Waals surface area contributed by atoms with Crippen LogP contribution in [0.4, 0.5) is 15.8 Å². The number of benzene rings is 1. The van der Waals surface area contributed by atoms with Gasteiger partial charge >= 0.3 is 0 Å². The quantitative estimate of drug-likeness (QED) is 0.559. The monoisotopic (exact) mass is 397 g/mol. The van der Waals surface area contributed by atoms with Crippen LogP contribution < -0.4 is 4.90 Å². The molecule has 1 aromatic carbocycles. The third kappa shape index (κ3) is 2.93. The van der Waals surface area contributed by atoms with E-state index >= 15 is 0 Å². The van der Waals surface area contributed by atoms with Gasteiger partial charge in [-0.3, -0.25) is 0 Å². The summed E-state index contributed by atoms with van der Waals surface area (Å²) in [6.45, 7) is 8.68. The SMILES string of the molecule is [C-]#[N+]c1c(F)cc(Cl)c(Br)c1N1CCC(c2nncn2C)CC1. The number of anilines is 1. The van der Waals surface area contributed by atoms with Gasteiger partial charge in [-0.05, 0) is 34.8 Å². The van der Waals surface area contributed by atoms with Crippen LogP contribution in [0.3, 0.4) is 0 Å². The molecule has 0 radical (unpaired) electrons. The summed E-state index contributed by atoms with van der Waals surface area (Å²) in [5.74, 6) is 0.697. The molecule has 0 spiro atoms. The second-order valence-electron chi connectivity index (χ2n) is 5.52. The van der Waals surface area contributed by atoms with E-state index in [-0.39, 0.29) is 10.7 Å². The molecule has 0 unspecified atom stereocenters. The number of nitrogens with zero attached hydrogens (tertiary/aromatic N) is 5. The molecule has 0 bridgehead atoms. The zero-order valence-electron chi connectivity index (χ0n) is 12.4. The highest BCUT2D eigenvalue weighted by Gasteiger charge is 2.28. The van der Waals surface area contributed by atoms with Crippen LogP contribution in [-0.2, 0) is 7.05 Å². The lowest BCUT2D eigenvalue weighted by Gasteiger charge is -2.34. The number of halogens is 3. The Morgan fingerprint density at radius 2 is 2.13 bits per heavy atom. The van der Waals surface area contributed by atoms with Crippen molar-refractivity contribution in [2.45, 2.75) is 18.8 Å². The van der Waals surface area contributed by atoms with E-state index in [0.29, 0.717) is 29.2 Å². The van der Waals surface area contributed by atoms with Gasteiger partial charge in [0.2, 0.25) is 5.69 Å². The summed E-state index contributed by atoms with van der Waals surface area (Å²) in [5.41, 5.74) is 0.555. The Morgan fingerprint density at radius 1 is 1.43 bits per heavy atom. The number of hydrogen-bond acceptors (Lipinski definition) is 3. The topological polar surface area (TPSA) is 38.3 Å². The molecule has 0 amide bonds. The van der Waals surface area contributed by atoms with Gasteiger partial charge in [-0.1, -0.05) is 11.6 Å². The summed E-state index contributed by atoms with van der Waals surface area (Å²) in [7, 11) is 1.93. The van der Waals surface area contributed by atoms with Crippen molar-refractivity contribution in [3.05, 3.63) is 44.9 Å². The van der Waals surface area contributed by atoms with E-state index in [2.05, 4.69) is 31.0 Å². The zero-order valence-corrected chi connectivity index (χ0v) is 14.8. The van der Waals surface area contributed by atoms with Gasteiger partial charge in [0.1, 0.15) is 18.0 Å². The molecule has 0 N–H and O–H groups in total. The van der Waals surface area contributed by atoms with Crippen LogP contribution in [0.15, 0.2) is 16.9 Å². The first-order chi connectivity index (χ1) is 11.0. The Labute approximate surface area is 147 Å². The number of aryl methyl sites for hydroxylation is 1.